The Hall–Kier alpha value is -3.19. The second-order valence-corrected chi connectivity index (χ2v) is 6.51. The van der Waals surface area contributed by atoms with Crippen LogP contribution in [0.15, 0.2) is 58.4 Å². The zero-order valence-corrected chi connectivity index (χ0v) is 16.4. The van der Waals surface area contributed by atoms with Gasteiger partial charge in [0.25, 0.3) is 5.56 Å². The van der Waals surface area contributed by atoms with E-state index < -0.39 is 5.56 Å². The van der Waals surface area contributed by atoms with Crippen molar-refractivity contribution in [2.24, 2.45) is 5.10 Å². The minimum absolute atomic E-state index is 0.0463. The molecule has 0 spiro atoms. The van der Waals surface area contributed by atoms with Crippen LogP contribution in [0.2, 0.25) is 0 Å². The Morgan fingerprint density at radius 1 is 1.26 bits per heavy atom. The minimum atomic E-state index is -0.532. The summed E-state index contributed by atoms with van der Waals surface area (Å²) in [4.78, 5) is 19.1. The minimum Gasteiger partial charge on any atom is -0.495 e. The van der Waals surface area contributed by atoms with E-state index in [1.165, 1.54) is 0 Å². The largest absolute Gasteiger partial charge is 0.495 e. The van der Waals surface area contributed by atoms with Gasteiger partial charge in [0, 0.05) is 11.1 Å². The molecule has 8 heteroatoms. The van der Waals surface area contributed by atoms with Crippen LogP contribution in [0.4, 0.5) is 5.95 Å². The molecule has 0 saturated carbocycles. The number of para-hydroxylation sites is 1. The van der Waals surface area contributed by atoms with E-state index in [1.54, 1.807) is 25.5 Å². The van der Waals surface area contributed by atoms with Gasteiger partial charge in [-0.25, -0.2) is 10.4 Å². The average Bonchev–Trinajstić information content (AvgIpc) is 2.68. The summed E-state index contributed by atoms with van der Waals surface area (Å²) in [6, 6.07) is 16.6. The molecule has 134 valence electrons. The van der Waals surface area contributed by atoms with Crippen LogP contribution < -0.4 is 15.7 Å². The van der Waals surface area contributed by atoms with Gasteiger partial charge in [-0.05, 0) is 34.7 Å². The van der Waals surface area contributed by atoms with Crippen LogP contribution in [0, 0.1) is 14.9 Å². The molecule has 2 aromatic carbocycles. The molecule has 3 rings (SSSR count). The normalized spacial score (nSPS) is 10.6. The summed E-state index contributed by atoms with van der Waals surface area (Å²) in [7, 11) is 1.59. The van der Waals surface area contributed by atoms with Gasteiger partial charge in [-0.15, -0.1) is 0 Å². The predicted molar refractivity (Wildman–Crippen MR) is 112 cm³/mol. The molecule has 0 fully saturated rings. The van der Waals surface area contributed by atoms with Gasteiger partial charge >= 0.3 is 0 Å². The van der Waals surface area contributed by atoms with Crippen LogP contribution in [0.25, 0.3) is 11.3 Å². The van der Waals surface area contributed by atoms with Crippen LogP contribution in [0.5, 0.6) is 5.75 Å². The molecule has 7 nitrogen and oxygen atoms in total. The second-order valence-electron chi connectivity index (χ2n) is 5.35. The molecule has 0 aliphatic rings. The van der Waals surface area contributed by atoms with Crippen molar-refractivity contribution in [1.29, 1.82) is 5.26 Å². The van der Waals surface area contributed by atoms with E-state index in [-0.39, 0.29) is 11.5 Å². The van der Waals surface area contributed by atoms with Gasteiger partial charge in [-0.3, -0.25) is 9.78 Å². The number of halogens is 1. The fourth-order valence-electron chi connectivity index (χ4n) is 2.44. The maximum Gasteiger partial charge on any atom is 0.270 e. The first-order valence-corrected chi connectivity index (χ1v) is 8.93. The summed E-state index contributed by atoms with van der Waals surface area (Å²) in [6.45, 7) is 0. The molecule has 27 heavy (non-hydrogen) atoms. The highest BCUT2D eigenvalue weighted by Gasteiger charge is 2.13. The summed E-state index contributed by atoms with van der Waals surface area (Å²) in [6.07, 6.45) is 1.57. The fourth-order valence-corrected chi connectivity index (χ4v) is 3.18. The smallest absolute Gasteiger partial charge is 0.270 e. The van der Waals surface area contributed by atoms with Crippen LogP contribution in [-0.4, -0.2) is 23.3 Å². The lowest BCUT2D eigenvalue weighted by Crippen LogP contribution is -2.16. The Labute approximate surface area is 168 Å². The number of hydrazone groups is 1. The number of nitrogens with one attached hydrogen (secondary N) is 2. The maximum absolute atomic E-state index is 12.2. The number of hydrogen-bond acceptors (Lipinski definition) is 6. The van der Waals surface area contributed by atoms with E-state index in [2.05, 4.69) is 43.1 Å². The standard InChI is InChI=1S/C19H14IN5O2/c1-27-17-13(8-5-9-15(17)20)11-22-25-19-23-16(12-6-3-2-4-7-12)14(10-21)18(26)24-19/h2-9,11H,1H3,(H2,23,24,25,26). The zero-order chi connectivity index (χ0) is 19.2. The van der Waals surface area contributed by atoms with Gasteiger partial charge in [0.05, 0.1) is 22.6 Å². The van der Waals surface area contributed by atoms with Crippen LogP contribution >= 0.6 is 22.6 Å². The Bertz CT molecular complexity index is 1090. The Morgan fingerprint density at radius 2 is 2.04 bits per heavy atom. The van der Waals surface area contributed by atoms with E-state index in [0.717, 1.165) is 9.13 Å². The summed E-state index contributed by atoms with van der Waals surface area (Å²) < 4.78 is 6.32. The van der Waals surface area contributed by atoms with Crippen molar-refractivity contribution in [3.63, 3.8) is 0 Å². The molecule has 0 saturated heterocycles. The lowest BCUT2D eigenvalue weighted by molar-refractivity contribution is 0.411. The highest BCUT2D eigenvalue weighted by Crippen LogP contribution is 2.24. The molecule has 0 aliphatic carbocycles. The third-order valence-electron chi connectivity index (χ3n) is 3.65. The Morgan fingerprint density at radius 3 is 2.74 bits per heavy atom. The van der Waals surface area contributed by atoms with Crippen LogP contribution in [-0.2, 0) is 0 Å². The monoisotopic (exact) mass is 471 g/mol. The van der Waals surface area contributed by atoms with E-state index >= 15 is 0 Å². The van der Waals surface area contributed by atoms with Gasteiger partial charge in [0.1, 0.15) is 17.4 Å². The molecular formula is C19H14IN5O2. The van der Waals surface area contributed by atoms with Crippen molar-refractivity contribution >= 4 is 34.8 Å². The molecule has 0 unspecified atom stereocenters. The van der Waals surface area contributed by atoms with Crippen molar-refractivity contribution in [3.8, 4) is 23.1 Å². The van der Waals surface area contributed by atoms with Crippen molar-refractivity contribution in [3.05, 3.63) is 73.6 Å². The topological polar surface area (TPSA) is 103 Å². The highest BCUT2D eigenvalue weighted by molar-refractivity contribution is 14.1. The van der Waals surface area contributed by atoms with Gasteiger partial charge in [0.15, 0.2) is 0 Å². The van der Waals surface area contributed by atoms with Crippen LogP contribution in [0.3, 0.4) is 0 Å². The molecule has 0 bridgehead atoms. The lowest BCUT2D eigenvalue weighted by atomic mass is 10.1. The molecule has 0 atom stereocenters. The van der Waals surface area contributed by atoms with E-state index in [1.807, 2.05) is 42.5 Å². The third-order valence-corrected chi connectivity index (χ3v) is 4.50. The average molecular weight is 471 g/mol. The predicted octanol–water partition coefficient (Wildman–Crippen LogP) is 3.37. The number of nitriles is 1. The van der Waals surface area contributed by atoms with Crippen molar-refractivity contribution in [2.45, 2.75) is 0 Å². The van der Waals surface area contributed by atoms with Gasteiger partial charge in [-0.1, -0.05) is 36.4 Å². The molecule has 1 heterocycles. The first kappa shape index (κ1) is 18.6. The Balaban J connectivity index is 1.93. The van der Waals surface area contributed by atoms with Gasteiger partial charge in [-0.2, -0.15) is 10.4 Å². The number of H-pyrrole nitrogens is 1. The number of ether oxygens (including phenoxy) is 1. The highest BCUT2D eigenvalue weighted by atomic mass is 127. The number of rotatable bonds is 5. The van der Waals surface area contributed by atoms with E-state index in [0.29, 0.717) is 17.0 Å². The number of nitrogens with zero attached hydrogens (tertiary/aromatic N) is 3. The number of aromatic amines is 1. The number of anilines is 1. The SMILES string of the molecule is COc1c(I)cccc1C=NNc1nc(-c2ccccc2)c(C#N)c(=O)[nH]1. The summed E-state index contributed by atoms with van der Waals surface area (Å²) in [5.41, 5.74) is 3.87. The maximum atomic E-state index is 12.2. The molecule has 3 aromatic rings. The molecule has 0 radical (unpaired) electrons. The summed E-state index contributed by atoms with van der Waals surface area (Å²) >= 11 is 2.17. The zero-order valence-electron chi connectivity index (χ0n) is 14.2. The number of hydrogen-bond donors (Lipinski definition) is 2. The molecule has 0 amide bonds. The summed E-state index contributed by atoms with van der Waals surface area (Å²) in [5.74, 6) is 0.841. The molecular weight excluding hydrogens is 457 g/mol. The van der Waals surface area contributed by atoms with Crippen molar-refractivity contribution < 1.29 is 4.74 Å². The first-order chi connectivity index (χ1) is 13.1. The summed E-state index contributed by atoms with van der Waals surface area (Å²) in [5, 5.41) is 13.4. The number of aromatic nitrogens is 2. The van der Waals surface area contributed by atoms with Gasteiger partial charge in [0.2, 0.25) is 5.95 Å². The first-order valence-electron chi connectivity index (χ1n) is 7.85. The Kier molecular flexibility index (Phi) is 5.83. The van der Waals surface area contributed by atoms with Crippen LogP contribution in [0.1, 0.15) is 11.1 Å². The number of methoxy groups -OCH3 is 1. The number of benzene rings is 2. The molecule has 0 aliphatic heterocycles. The molecule has 1 aromatic heterocycles. The lowest BCUT2D eigenvalue weighted by Gasteiger charge is -2.07. The second kappa shape index (κ2) is 8.46. The van der Waals surface area contributed by atoms with Crippen molar-refractivity contribution in [1.82, 2.24) is 9.97 Å². The quantitative estimate of drug-likeness (QED) is 0.338. The third kappa shape index (κ3) is 4.15. The van der Waals surface area contributed by atoms with E-state index in [9.17, 15) is 10.1 Å². The van der Waals surface area contributed by atoms with Crippen molar-refractivity contribution in [2.75, 3.05) is 12.5 Å². The molecule has 2 N–H and O–H groups in total. The van der Waals surface area contributed by atoms with E-state index in [4.69, 9.17) is 4.74 Å². The van der Waals surface area contributed by atoms with Gasteiger partial charge < -0.3 is 4.74 Å². The fraction of sp³-hybridized carbons (Fsp3) is 0.0526.